The van der Waals surface area contributed by atoms with Gasteiger partial charge in [0.25, 0.3) is 0 Å². The molecule has 0 unspecified atom stereocenters. The molecule has 1 atom stereocenters. The standard InChI is InChI=1S/C28H41N5O/c1-19-16-27-26(30-23(19)5)11-9-14-32(27)15-12-21(3)31-34-22(4)18-33-13-8-7-10-25-28(33)17-20(2)24(6)29-25/h16-17,22H,7-15,18H2,1-6H3/t22-/m0/s1. The Bertz CT molecular complexity index is 1050. The van der Waals surface area contributed by atoms with E-state index in [4.69, 9.17) is 14.8 Å². The maximum atomic E-state index is 5.96. The molecule has 2 aliphatic heterocycles. The number of rotatable bonds is 7. The Labute approximate surface area is 205 Å². The van der Waals surface area contributed by atoms with Crippen molar-refractivity contribution in [2.75, 3.05) is 36.0 Å². The first-order valence-electron chi connectivity index (χ1n) is 12.9. The van der Waals surface area contributed by atoms with Crippen LogP contribution in [0.15, 0.2) is 17.3 Å². The quantitative estimate of drug-likeness (QED) is 0.402. The minimum atomic E-state index is 0.0213. The largest absolute Gasteiger partial charge is 0.391 e. The summed E-state index contributed by atoms with van der Waals surface area (Å²) in [5.74, 6) is 0. The van der Waals surface area contributed by atoms with Gasteiger partial charge in [-0.15, -0.1) is 0 Å². The highest BCUT2D eigenvalue weighted by molar-refractivity contribution is 5.82. The molecule has 0 bridgehead atoms. The Morgan fingerprint density at radius 3 is 2.18 bits per heavy atom. The van der Waals surface area contributed by atoms with Gasteiger partial charge in [-0.05, 0) is 96.9 Å². The van der Waals surface area contributed by atoms with Crippen molar-refractivity contribution >= 4 is 17.1 Å². The Balaban J connectivity index is 1.33. The molecule has 184 valence electrons. The summed E-state index contributed by atoms with van der Waals surface area (Å²) in [6, 6.07) is 4.61. The minimum absolute atomic E-state index is 0.0213. The van der Waals surface area contributed by atoms with E-state index in [2.05, 4.69) is 68.6 Å². The second-order valence-electron chi connectivity index (χ2n) is 10.2. The topological polar surface area (TPSA) is 53.9 Å². The highest BCUT2D eigenvalue weighted by Gasteiger charge is 2.21. The average Bonchev–Trinajstić information content (AvgIpc) is 2.99. The summed E-state index contributed by atoms with van der Waals surface area (Å²) in [5, 5.41) is 4.50. The molecule has 0 N–H and O–H groups in total. The average molecular weight is 464 g/mol. The molecule has 0 aliphatic carbocycles. The molecule has 0 radical (unpaired) electrons. The van der Waals surface area contributed by atoms with E-state index in [0.717, 1.165) is 69.0 Å². The van der Waals surface area contributed by atoms with Gasteiger partial charge in [0, 0.05) is 37.4 Å². The van der Waals surface area contributed by atoms with Crippen LogP contribution in [0.3, 0.4) is 0 Å². The zero-order valence-corrected chi connectivity index (χ0v) is 21.9. The van der Waals surface area contributed by atoms with Crippen LogP contribution in [0.4, 0.5) is 11.4 Å². The SMILES string of the molecule is CC(CCN1CCCc2nc(C)c(C)cc21)=NO[C@@H](C)CN1CCCCc2nc(C)c(C)cc21. The van der Waals surface area contributed by atoms with Crippen LogP contribution in [-0.4, -0.2) is 48.0 Å². The molecule has 6 heteroatoms. The van der Waals surface area contributed by atoms with Gasteiger partial charge in [-0.25, -0.2) is 0 Å². The summed E-state index contributed by atoms with van der Waals surface area (Å²) in [6.45, 7) is 16.6. The number of fused-ring (bicyclic) bond motifs is 2. The van der Waals surface area contributed by atoms with Gasteiger partial charge in [0.15, 0.2) is 0 Å². The number of hydrogen-bond acceptors (Lipinski definition) is 6. The summed E-state index contributed by atoms with van der Waals surface area (Å²) in [7, 11) is 0. The van der Waals surface area contributed by atoms with Crippen molar-refractivity contribution < 1.29 is 4.84 Å². The second kappa shape index (κ2) is 10.7. The molecule has 0 saturated carbocycles. The van der Waals surface area contributed by atoms with E-state index in [9.17, 15) is 0 Å². The van der Waals surface area contributed by atoms with Gasteiger partial charge in [-0.3, -0.25) is 9.97 Å². The lowest BCUT2D eigenvalue weighted by molar-refractivity contribution is 0.0764. The van der Waals surface area contributed by atoms with Crippen LogP contribution in [0.2, 0.25) is 0 Å². The van der Waals surface area contributed by atoms with Crippen molar-refractivity contribution in [1.29, 1.82) is 0 Å². The zero-order chi connectivity index (χ0) is 24.2. The first kappa shape index (κ1) is 24.5. The van der Waals surface area contributed by atoms with Crippen molar-refractivity contribution in [2.24, 2.45) is 5.16 Å². The molecular formula is C28H41N5O. The van der Waals surface area contributed by atoms with E-state index >= 15 is 0 Å². The van der Waals surface area contributed by atoms with Crippen LogP contribution in [0.1, 0.15) is 73.4 Å². The zero-order valence-electron chi connectivity index (χ0n) is 21.9. The first-order chi connectivity index (χ1) is 16.3. The van der Waals surface area contributed by atoms with Gasteiger partial charge in [-0.1, -0.05) is 5.16 Å². The predicted molar refractivity (Wildman–Crippen MR) is 141 cm³/mol. The van der Waals surface area contributed by atoms with Gasteiger partial charge >= 0.3 is 0 Å². The van der Waals surface area contributed by atoms with Crippen LogP contribution in [0.5, 0.6) is 0 Å². The van der Waals surface area contributed by atoms with Gasteiger partial charge < -0.3 is 14.6 Å². The molecule has 34 heavy (non-hydrogen) atoms. The Morgan fingerprint density at radius 1 is 0.912 bits per heavy atom. The minimum Gasteiger partial charge on any atom is -0.391 e. The maximum absolute atomic E-state index is 5.96. The highest BCUT2D eigenvalue weighted by Crippen LogP contribution is 2.29. The third kappa shape index (κ3) is 5.70. The number of hydrogen-bond donors (Lipinski definition) is 0. The third-order valence-corrected chi connectivity index (χ3v) is 7.27. The Morgan fingerprint density at radius 2 is 1.50 bits per heavy atom. The van der Waals surface area contributed by atoms with E-state index in [1.165, 1.54) is 46.7 Å². The molecule has 6 nitrogen and oxygen atoms in total. The number of anilines is 2. The predicted octanol–water partition coefficient (Wildman–Crippen LogP) is 5.48. The number of nitrogens with zero attached hydrogens (tertiary/aromatic N) is 5. The monoisotopic (exact) mass is 463 g/mol. The summed E-state index contributed by atoms with van der Waals surface area (Å²) in [6.07, 6.45) is 6.61. The molecule has 0 saturated heterocycles. The summed E-state index contributed by atoms with van der Waals surface area (Å²) in [4.78, 5) is 20.6. The fourth-order valence-corrected chi connectivity index (χ4v) is 4.96. The van der Waals surface area contributed by atoms with Crippen LogP contribution in [0.25, 0.3) is 0 Å². The van der Waals surface area contributed by atoms with Crippen molar-refractivity contribution in [3.63, 3.8) is 0 Å². The number of oxime groups is 1. The molecular weight excluding hydrogens is 422 g/mol. The van der Waals surface area contributed by atoms with Gasteiger partial charge in [-0.2, -0.15) is 0 Å². The van der Waals surface area contributed by atoms with Gasteiger partial charge in [0.2, 0.25) is 0 Å². The van der Waals surface area contributed by atoms with E-state index in [1.807, 2.05) is 0 Å². The lowest BCUT2D eigenvalue weighted by atomic mass is 10.0. The number of aromatic nitrogens is 2. The molecule has 0 amide bonds. The lowest BCUT2D eigenvalue weighted by Crippen LogP contribution is -2.33. The summed E-state index contributed by atoms with van der Waals surface area (Å²) < 4.78 is 0. The molecule has 0 fully saturated rings. The number of aryl methyl sites for hydroxylation is 6. The molecule has 0 spiro atoms. The number of pyridine rings is 2. The fraction of sp³-hybridized carbons (Fsp3) is 0.607. The van der Waals surface area contributed by atoms with Crippen molar-refractivity contribution in [2.45, 2.75) is 86.2 Å². The van der Waals surface area contributed by atoms with Crippen molar-refractivity contribution in [3.05, 3.63) is 46.0 Å². The van der Waals surface area contributed by atoms with Crippen LogP contribution in [-0.2, 0) is 17.7 Å². The highest BCUT2D eigenvalue weighted by atomic mass is 16.6. The van der Waals surface area contributed by atoms with Crippen LogP contribution in [0, 0.1) is 27.7 Å². The molecule has 2 aliphatic rings. The molecule has 4 heterocycles. The maximum Gasteiger partial charge on any atom is 0.142 e. The Kier molecular flexibility index (Phi) is 7.74. The molecule has 0 aromatic carbocycles. The second-order valence-corrected chi connectivity index (χ2v) is 10.2. The van der Waals surface area contributed by atoms with E-state index in [0.29, 0.717) is 0 Å². The van der Waals surface area contributed by atoms with Crippen LogP contribution < -0.4 is 9.80 Å². The molecule has 4 rings (SSSR count). The lowest BCUT2D eigenvalue weighted by Gasteiger charge is -2.31. The molecule has 2 aromatic heterocycles. The van der Waals surface area contributed by atoms with Crippen molar-refractivity contribution in [3.8, 4) is 0 Å². The van der Waals surface area contributed by atoms with Crippen LogP contribution >= 0.6 is 0 Å². The normalized spacial score (nSPS) is 17.2. The van der Waals surface area contributed by atoms with E-state index in [1.54, 1.807) is 0 Å². The smallest absolute Gasteiger partial charge is 0.142 e. The van der Waals surface area contributed by atoms with Gasteiger partial charge in [0.1, 0.15) is 6.10 Å². The first-order valence-corrected chi connectivity index (χ1v) is 12.9. The Hall–Kier alpha value is -2.63. The van der Waals surface area contributed by atoms with Gasteiger partial charge in [0.05, 0.1) is 35.0 Å². The third-order valence-electron chi connectivity index (χ3n) is 7.27. The van der Waals surface area contributed by atoms with E-state index < -0.39 is 0 Å². The molecule has 2 aromatic rings. The fourth-order valence-electron chi connectivity index (χ4n) is 4.96. The van der Waals surface area contributed by atoms with Crippen molar-refractivity contribution in [1.82, 2.24) is 9.97 Å². The summed E-state index contributed by atoms with van der Waals surface area (Å²) >= 11 is 0. The van der Waals surface area contributed by atoms with E-state index in [-0.39, 0.29) is 6.10 Å². The summed E-state index contributed by atoms with van der Waals surface area (Å²) in [5.41, 5.74) is 10.9.